The Kier molecular flexibility index (Phi) is 5.23. The number of carbonyl (C=O) groups excluding carboxylic acids is 1. The van der Waals surface area contributed by atoms with E-state index < -0.39 is 0 Å². The molecular formula is C18H24N4O3. The maximum atomic E-state index is 12.7. The van der Waals surface area contributed by atoms with Crippen LogP contribution >= 0.6 is 0 Å². The third-order valence-corrected chi connectivity index (χ3v) is 4.56. The Balaban J connectivity index is 1.84. The molecule has 7 heteroatoms. The van der Waals surface area contributed by atoms with E-state index in [9.17, 15) is 9.90 Å². The van der Waals surface area contributed by atoms with Gasteiger partial charge in [-0.05, 0) is 30.5 Å². The molecule has 1 aromatic carbocycles. The van der Waals surface area contributed by atoms with Crippen molar-refractivity contribution in [2.24, 2.45) is 7.05 Å². The van der Waals surface area contributed by atoms with Gasteiger partial charge in [-0.3, -0.25) is 0 Å². The number of aliphatic hydroxyl groups excluding tert-OH is 1. The van der Waals surface area contributed by atoms with E-state index in [4.69, 9.17) is 4.74 Å². The summed E-state index contributed by atoms with van der Waals surface area (Å²) in [6.45, 7) is 1.11. The van der Waals surface area contributed by atoms with Gasteiger partial charge in [0.25, 0.3) is 0 Å². The lowest BCUT2D eigenvalue weighted by Gasteiger charge is -2.31. The SMILES string of the molecule is COc1cccc([C@@H](NC(=O)N2CCC(O)CC2)c2nccn2C)c1. The summed E-state index contributed by atoms with van der Waals surface area (Å²) in [4.78, 5) is 18.9. The Labute approximate surface area is 147 Å². The second kappa shape index (κ2) is 7.57. The van der Waals surface area contributed by atoms with E-state index in [1.54, 1.807) is 18.2 Å². The fourth-order valence-corrected chi connectivity index (χ4v) is 3.06. The van der Waals surface area contributed by atoms with E-state index in [1.165, 1.54) is 0 Å². The predicted molar refractivity (Wildman–Crippen MR) is 93.4 cm³/mol. The number of aryl methyl sites for hydroxylation is 1. The molecule has 0 bridgehead atoms. The van der Waals surface area contributed by atoms with Crippen LogP contribution < -0.4 is 10.1 Å². The number of hydrogen-bond donors (Lipinski definition) is 2. The average molecular weight is 344 g/mol. The largest absolute Gasteiger partial charge is 0.497 e. The first kappa shape index (κ1) is 17.3. The van der Waals surface area contributed by atoms with Gasteiger partial charge < -0.3 is 24.6 Å². The minimum absolute atomic E-state index is 0.150. The summed E-state index contributed by atoms with van der Waals surface area (Å²) in [6.07, 6.45) is 4.48. The zero-order valence-corrected chi connectivity index (χ0v) is 14.6. The molecule has 2 heterocycles. The van der Waals surface area contributed by atoms with Crippen molar-refractivity contribution >= 4 is 6.03 Å². The van der Waals surface area contributed by atoms with Crippen LogP contribution in [0.15, 0.2) is 36.7 Å². The van der Waals surface area contributed by atoms with Crippen molar-refractivity contribution in [3.05, 3.63) is 48.0 Å². The fraction of sp³-hybridized carbons (Fsp3) is 0.444. The zero-order chi connectivity index (χ0) is 17.8. The molecule has 1 saturated heterocycles. The van der Waals surface area contributed by atoms with Crippen molar-refractivity contribution in [2.45, 2.75) is 25.0 Å². The highest BCUT2D eigenvalue weighted by Gasteiger charge is 2.26. The van der Waals surface area contributed by atoms with Gasteiger partial charge in [-0.25, -0.2) is 9.78 Å². The van der Waals surface area contributed by atoms with Crippen LogP contribution in [0.4, 0.5) is 4.79 Å². The maximum Gasteiger partial charge on any atom is 0.318 e. The molecule has 1 aromatic heterocycles. The second-order valence-electron chi connectivity index (χ2n) is 6.27. The summed E-state index contributed by atoms with van der Waals surface area (Å²) in [5.41, 5.74) is 0.902. The standard InChI is InChI=1S/C18H24N4O3/c1-21-11-8-19-17(21)16(13-4-3-5-15(12-13)25-2)20-18(24)22-9-6-14(23)7-10-22/h3-5,8,11-12,14,16,23H,6-7,9-10H2,1-2H3,(H,20,24)/t16-/m1/s1. The summed E-state index contributed by atoms with van der Waals surface area (Å²) >= 11 is 0. The molecule has 25 heavy (non-hydrogen) atoms. The monoisotopic (exact) mass is 344 g/mol. The normalized spacial score (nSPS) is 16.5. The van der Waals surface area contributed by atoms with Gasteiger partial charge in [-0.1, -0.05) is 12.1 Å². The van der Waals surface area contributed by atoms with Gasteiger partial charge in [0.2, 0.25) is 0 Å². The van der Waals surface area contributed by atoms with Crippen LogP contribution in [0, 0.1) is 0 Å². The van der Waals surface area contributed by atoms with Crippen LogP contribution in [0.25, 0.3) is 0 Å². The zero-order valence-electron chi connectivity index (χ0n) is 14.6. The van der Waals surface area contributed by atoms with Crippen molar-refractivity contribution in [2.75, 3.05) is 20.2 Å². The van der Waals surface area contributed by atoms with Crippen LogP contribution in [0.1, 0.15) is 30.3 Å². The number of aromatic nitrogens is 2. The van der Waals surface area contributed by atoms with E-state index in [-0.39, 0.29) is 18.2 Å². The molecule has 0 saturated carbocycles. The molecule has 1 aliphatic rings. The van der Waals surface area contributed by atoms with E-state index >= 15 is 0 Å². The smallest absolute Gasteiger partial charge is 0.318 e. The van der Waals surface area contributed by atoms with Gasteiger partial charge in [0.15, 0.2) is 0 Å². The van der Waals surface area contributed by atoms with E-state index in [2.05, 4.69) is 10.3 Å². The molecule has 2 N–H and O–H groups in total. The van der Waals surface area contributed by atoms with Gasteiger partial charge in [0.1, 0.15) is 17.6 Å². The molecule has 3 rings (SSSR count). The summed E-state index contributed by atoms with van der Waals surface area (Å²) in [6, 6.07) is 7.08. The summed E-state index contributed by atoms with van der Waals surface area (Å²) in [5, 5.41) is 12.7. The first-order valence-corrected chi connectivity index (χ1v) is 8.43. The minimum Gasteiger partial charge on any atom is -0.497 e. The first-order valence-electron chi connectivity index (χ1n) is 8.43. The fourth-order valence-electron chi connectivity index (χ4n) is 3.06. The van der Waals surface area contributed by atoms with Crippen LogP contribution in [0.5, 0.6) is 5.75 Å². The first-order chi connectivity index (χ1) is 12.1. The number of nitrogens with one attached hydrogen (secondary N) is 1. The van der Waals surface area contributed by atoms with Crippen LogP contribution in [-0.4, -0.2) is 51.9 Å². The van der Waals surface area contributed by atoms with E-state index in [1.807, 2.05) is 42.1 Å². The Morgan fingerprint density at radius 3 is 2.80 bits per heavy atom. The number of amides is 2. The molecule has 0 unspecified atom stereocenters. The molecule has 0 spiro atoms. The number of likely N-dealkylation sites (tertiary alicyclic amines) is 1. The van der Waals surface area contributed by atoms with E-state index in [0.717, 1.165) is 17.1 Å². The quantitative estimate of drug-likeness (QED) is 0.884. The lowest BCUT2D eigenvalue weighted by molar-refractivity contribution is 0.0930. The summed E-state index contributed by atoms with van der Waals surface area (Å²) < 4.78 is 7.20. The molecule has 1 aliphatic heterocycles. The van der Waals surface area contributed by atoms with Gasteiger partial charge in [-0.15, -0.1) is 0 Å². The lowest BCUT2D eigenvalue weighted by atomic mass is 10.1. The Hall–Kier alpha value is -2.54. The number of carbonyl (C=O) groups is 1. The number of hydrogen-bond acceptors (Lipinski definition) is 4. The number of methoxy groups -OCH3 is 1. The highest BCUT2D eigenvalue weighted by atomic mass is 16.5. The molecule has 2 aromatic rings. The minimum atomic E-state index is -0.380. The van der Waals surface area contributed by atoms with Gasteiger partial charge >= 0.3 is 6.03 Å². The number of ether oxygens (including phenoxy) is 1. The molecule has 2 amide bonds. The predicted octanol–water partition coefficient (Wildman–Crippen LogP) is 1.68. The number of nitrogens with zero attached hydrogens (tertiary/aromatic N) is 3. The summed E-state index contributed by atoms with van der Waals surface area (Å²) in [5.74, 6) is 1.48. The Bertz CT molecular complexity index is 723. The number of rotatable bonds is 4. The van der Waals surface area contributed by atoms with Crippen molar-refractivity contribution in [1.82, 2.24) is 19.8 Å². The second-order valence-corrected chi connectivity index (χ2v) is 6.27. The third-order valence-electron chi connectivity index (χ3n) is 4.56. The molecule has 0 aliphatic carbocycles. The van der Waals surface area contributed by atoms with Gasteiger partial charge in [-0.2, -0.15) is 0 Å². The summed E-state index contributed by atoms with van der Waals surface area (Å²) in [7, 11) is 3.52. The molecule has 134 valence electrons. The number of piperidine rings is 1. The molecule has 0 radical (unpaired) electrons. The Morgan fingerprint density at radius 2 is 2.16 bits per heavy atom. The van der Waals surface area contributed by atoms with Crippen molar-refractivity contribution in [1.29, 1.82) is 0 Å². The number of imidazole rings is 1. The third kappa shape index (κ3) is 3.93. The average Bonchev–Trinajstić information content (AvgIpc) is 3.06. The maximum absolute atomic E-state index is 12.7. The highest BCUT2D eigenvalue weighted by Crippen LogP contribution is 2.24. The van der Waals surface area contributed by atoms with Crippen LogP contribution in [0.3, 0.4) is 0 Å². The van der Waals surface area contributed by atoms with Crippen molar-refractivity contribution < 1.29 is 14.6 Å². The lowest BCUT2D eigenvalue weighted by Crippen LogP contribution is -2.47. The van der Waals surface area contributed by atoms with Gasteiger partial charge in [0.05, 0.1) is 13.2 Å². The van der Waals surface area contributed by atoms with Gasteiger partial charge in [0, 0.05) is 32.5 Å². The van der Waals surface area contributed by atoms with Crippen molar-refractivity contribution in [3.63, 3.8) is 0 Å². The molecular weight excluding hydrogens is 320 g/mol. The number of urea groups is 1. The number of benzene rings is 1. The molecule has 1 atom stereocenters. The van der Waals surface area contributed by atoms with Crippen molar-refractivity contribution in [3.8, 4) is 5.75 Å². The Morgan fingerprint density at radius 1 is 1.40 bits per heavy atom. The highest BCUT2D eigenvalue weighted by molar-refractivity contribution is 5.75. The number of aliphatic hydroxyl groups is 1. The molecule has 7 nitrogen and oxygen atoms in total. The van der Waals surface area contributed by atoms with E-state index in [0.29, 0.717) is 25.9 Å². The van der Waals surface area contributed by atoms with Crippen LogP contribution in [-0.2, 0) is 7.05 Å². The van der Waals surface area contributed by atoms with Crippen LogP contribution in [0.2, 0.25) is 0 Å². The topological polar surface area (TPSA) is 79.6 Å². The molecule has 1 fully saturated rings.